The molecular formula is C16H13FN4O2. The summed E-state index contributed by atoms with van der Waals surface area (Å²) >= 11 is 0. The van der Waals surface area contributed by atoms with Gasteiger partial charge in [-0.2, -0.15) is 0 Å². The van der Waals surface area contributed by atoms with Crippen LogP contribution in [-0.2, 0) is 6.54 Å². The van der Waals surface area contributed by atoms with Gasteiger partial charge < -0.3 is 10.8 Å². The molecule has 23 heavy (non-hydrogen) atoms. The highest BCUT2D eigenvalue weighted by Gasteiger charge is 2.18. The van der Waals surface area contributed by atoms with Crippen LogP contribution in [-0.4, -0.2) is 26.1 Å². The molecule has 0 saturated heterocycles. The molecule has 0 fully saturated rings. The van der Waals surface area contributed by atoms with E-state index >= 15 is 0 Å². The first-order chi connectivity index (χ1) is 11.1. The second-order valence-corrected chi connectivity index (χ2v) is 4.84. The lowest BCUT2D eigenvalue weighted by Crippen LogP contribution is -2.05. The minimum atomic E-state index is -1.06. The van der Waals surface area contributed by atoms with Crippen LogP contribution in [0.2, 0.25) is 0 Å². The number of aromatic carboxylic acids is 1. The highest BCUT2D eigenvalue weighted by molar-refractivity contribution is 5.88. The number of carboxylic acid groups (broad SMARTS) is 1. The van der Waals surface area contributed by atoms with Gasteiger partial charge in [-0.05, 0) is 30.3 Å². The first-order valence-electron chi connectivity index (χ1n) is 6.85. The molecule has 3 aromatic rings. The van der Waals surface area contributed by atoms with Crippen molar-refractivity contribution in [3.8, 4) is 16.9 Å². The Balaban J connectivity index is 2.22. The van der Waals surface area contributed by atoms with Gasteiger partial charge in [-0.15, -0.1) is 5.10 Å². The first-order valence-corrected chi connectivity index (χ1v) is 6.85. The van der Waals surface area contributed by atoms with Gasteiger partial charge >= 0.3 is 5.97 Å². The van der Waals surface area contributed by atoms with E-state index in [1.165, 1.54) is 22.9 Å². The van der Waals surface area contributed by atoms with E-state index in [0.717, 1.165) is 0 Å². The zero-order valence-corrected chi connectivity index (χ0v) is 12.0. The first kappa shape index (κ1) is 14.9. The Bertz CT molecular complexity index is 876. The van der Waals surface area contributed by atoms with Crippen LogP contribution in [0.25, 0.3) is 16.9 Å². The monoisotopic (exact) mass is 312 g/mol. The van der Waals surface area contributed by atoms with E-state index in [-0.39, 0.29) is 12.1 Å². The van der Waals surface area contributed by atoms with Gasteiger partial charge in [0.1, 0.15) is 17.2 Å². The largest absolute Gasteiger partial charge is 0.478 e. The van der Waals surface area contributed by atoms with Crippen LogP contribution in [0, 0.1) is 5.82 Å². The average molecular weight is 312 g/mol. The number of carbonyl (C=O) groups is 1. The van der Waals surface area contributed by atoms with Crippen molar-refractivity contribution in [3.05, 3.63) is 65.6 Å². The summed E-state index contributed by atoms with van der Waals surface area (Å²) in [5.74, 6) is -1.49. The summed E-state index contributed by atoms with van der Waals surface area (Å²) in [5, 5.41) is 17.1. The van der Waals surface area contributed by atoms with E-state index in [4.69, 9.17) is 10.8 Å². The molecule has 0 spiro atoms. The summed E-state index contributed by atoms with van der Waals surface area (Å²) < 4.78 is 15.6. The fourth-order valence-corrected chi connectivity index (χ4v) is 2.32. The van der Waals surface area contributed by atoms with Crippen molar-refractivity contribution in [3.63, 3.8) is 0 Å². The quantitative estimate of drug-likeness (QED) is 0.770. The number of nitrogens with zero attached hydrogens (tertiary/aromatic N) is 3. The molecule has 2 aromatic carbocycles. The molecule has 7 heteroatoms. The second kappa shape index (κ2) is 5.98. The van der Waals surface area contributed by atoms with Crippen molar-refractivity contribution in [1.82, 2.24) is 15.0 Å². The predicted octanol–water partition coefficient (Wildman–Crippen LogP) is 2.23. The molecule has 0 radical (unpaired) electrons. The van der Waals surface area contributed by atoms with Crippen molar-refractivity contribution in [2.75, 3.05) is 0 Å². The maximum atomic E-state index is 14.2. The third-order valence-electron chi connectivity index (χ3n) is 3.40. The highest BCUT2D eigenvalue weighted by atomic mass is 19.1. The summed E-state index contributed by atoms with van der Waals surface area (Å²) in [6, 6.07) is 12.4. The van der Waals surface area contributed by atoms with Gasteiger partial charge in [-0.25, -0.2) is 13.9 Å². The fourth-order valence-electron chi connectivity index (χ4n) is 2.32. The summed E-state index contributed by atoms with van der Waals surface area (Å²) in [6.45, 7) is 0.0856. The van der Waals surface area contributed by atoms with Crippen LogP contribution in [0.15, 0.2) is 48.5 Å². The van der Waals surface area contributed by atoms with E-state index in [9.17, 15) is 9.18 Å². The topological polar surface area (TPSA) is 94.0 Å². The average Bonchev–Trinajstić information content (AvgIpc) is 2.99. The molecule has 0 aliphatic heterocycles. The lowest BCUT2D eigenvalue weighted by atomic mass is 10.1. The number of hydrogen-bond donors (Lipinski definition) is 2. The molecule has 0 amide bonds. The van der Waals surface area contributed by atoms with E-state index in [0.29, 0.717) is 22.6 Å². The number of benzene rings is 2. The Hall–Kier alpha value is -3.06. The molecule has 1 aromatic heterocycles. The number of aromatic nitrogens is 3. The lowest BCUT2D eigenvalue weighted by Gasteiger charge is -2.09. The van der Waals surface area contributed by atoms with Crippen LogP contribution in [0.1, 0.15) is 16.1 Å². The van der Waals surface area contributed by atoms with Crippen molar-refractivity contribution >= 4 is 5.97 Å². The summed E-state index contributed by atoms with van der Waals surface area (Å²) in [7, 11) is 0. The van der Waals surface area contributed by atoms with Crippen LogP contribution in [0.3, 0.4) is 0 Å². The molecule has 3 rings (SSSR count). The van der Waals surface area contributed by atoms with E-state index in [1.807, 2.05) is 0 Å². The van der Waals surface area contributed by atoms with Gasteiger partial charge in [0, 0.05) is 12.1 Å². The number of halogens is 1. The van der Waals surface area contributed by atoms with Gasteiger partial charge in [-0.3, -0.25) is 0 Å². The molecule has 6 nitrogen and oxygen atoms in total. The molecule has 3 N–H and O–H groups in total. The second-order valence-electron chi connectivity index (χ2n) is 4.84. The fraction of sp³-hybridized carbons (Fsp3) is 0.0625. The van der Waals surface area contributed by atoms with Gasteiger partial charge in [0.05, 0.1) is 11.3 Å². The van der Waals surface area contributed by atoms with Crippen molar-refractivity contribution in [2.45, 2.75) is 6.54 Å². The minimum absolute atomic E-state index is 0.0856. The Labute approximate surface area is 131 Å². The molecule has 0 unspecified atom stereocenters. The molecule has 0 bridgehead atoms. The van der Waals surface area contributed by atoms with Gasteiger partial charge in [0.2, 0.25) is 0 Å². The van der Waals surface area contributed by atoms with Crippen LogP contribution in [0.5, 0.6) is 0 Å². The highest BCUT2D eigenvalue weighted by Crippen LogP contribution is 2.27. The van der Waals surface area contributed by atoms with Crippen molar-refractivity contribution < 1.29 is 14.3 Å². The molecule has 0 saturated carbocycles. The number of nitrogens with two attached hydrogens (primary N) is 1. The lowest BCUT2D eigenvalue weighted by molar-refractivity contribution is 0.0697. The smallest absolute Gasteiger partial charge is 0.335 e. The summed E-state index contributed by atoms with van der Waals surface area (Å²) in [6.07, 6.45) is 0. The number of hydrogen-bond acceptors (Lipinski definition) is 4. The maximum absolute atomic E-state index is 14.2. The molecule has 0 atom stereocenters. The normalized spacial score (nSPS) is 10.7. The molecule has 0 aliphatic carbocycles. The Morgan fingerprint density at radius 2 is 2.00 bits per heavy atom. The molecule has 116 valence electrons. The standard InChI is InChI=1S/C16H13FN4O2/c17-13-7-2-1-6-12(13)15-14(9-18)19-20-21(15)11-5-3-4-10(8-11)16(22)23/h1-8H,9,18H2,(H,22,23). The van der Waals surface area contributed by atoms with E-state index in [1.54, 1.807) is 30.3 Å². The summed E-state index contributed by atoms with van der Waals surface area (Å²) in [5.41, 5.74) is 7.39. The third kappa shape index (κ3) is 2.69. The molecular weight excluding hydrogens is 299 g/mol. The Kier molecular flexibility index (Phi) is 3.86. The van der Waals surface area contributed by atoms with Crippen molar-refractivity contribution in [1.29, 1.82) is 0 Å². The van der Waals surface area contributed by atoms with Gasteiger partial charge in [0.15, 0.2) is 0 Å². The maximum Gasteiger partial charge on any atom is 0.335 e. The van der Waals surface area contributed by atoms with E-state index in [2.05, 4.69) is 10.3 Å². The molecule has 0 aliphatic rings. The SMILES string of the molecule is NCc1nnn(-c2cccc(C(=O)O)c2)c1-c1ccccc1F. The minimum Gasteiger partial charge on any atom is -0.478 e. The zero-order valence-electron chi connectivity index (χ0n) is 12.0. The third-order valence-corrected chi connectivity index (χ3v) is 3.40. The van der Waals surface area contributed by atoms with Gasteiger partial charge in [-0.1, -0.05) is 23.4 Å². The van der Waals surface area contributed by atoms with Crippen LogP contribution >= 0.6 is 0 Å². The van der Waals surface area contributed by atoms with Gasteiger partial charge in [0.25, 0.3) is 0 Å². The Morgan fingerprint density at radius 3 is 2.70 bits per heavy atom. The van der Waals surface area contributed by atoms with Crippen LogP contribution < -0.4 is 5.73 Å². The number of rotatable bonds is 4. The Morgan fingerprint density at radius 1 is 1.22 bits per heavy atom. The van der Waals surface area contributed by atoms with Crippen LogP contribution in [0.4, 0.5) is 4.39 Å². The zero-order chi connectivity index (χ0) is 16.4. The van der Waals surface area contributed by atoms with Crippen molar-refractivity contribution in [2.24, 2.45) is 5.73 Å². The van der Waals surface area contributed by atoms with E-state index < -0.39 is 11.8 Å². The summed E-state index contributed by atoms with van der Waals surface area (Å²) in [4.78, 5) is 11.1. The predicted molar refractivity (Wildman–Crippen MR) is 81.6 cm³/mol. The molecule has 1 heterocycles. The number of carboxylic acids is 1.